The van der Waals surface area contributed by atoms with E-state index in [4.69, 9.17) is 16.3 Å². The molecule has 2 aromatic rings. The Hall–Kier alpha value is -1.69. The van der Waals surface area contributed by atoms with Gasteiger partial charge in [-0.25, -0.2) is 4.98 Å². The van der Waals surface area contributed by atoms with Crippen LogP contribution in [-0.2, 0) is 11.3 Å². The predicted molar refractivity (Wildman–Crippen MR) is 62.2 cm³/mol. The summed E-state index contributed by atoms with van der Waals surface area (Å²) in [7, 11) is 1.50. The Bertz CT molecular complexity index is 567. The molecule has 0 saturated carbocycles. The van der Waals surface area contributed by atoms with Gasteiger partial charge in [-0.15, -0.1) is 0 Å². The second kappa shape index (κ2) is 4.67. The first-order chi connectivity index (χ1) is 8.11. The van der Waals surface area contributed by atoms with Crippen molar-refractivity contribution >= 4 is 28.4 Å². The normalized spacial score (nSPS) is 10.8. The van der Waals surface area contributed by atoms with Crippen molar-refractivity contribution in [2.24, 2.45) is 0 Å². The molecule has 2 heterocycles. The molecule has 7 heteroatoms. The smallest absolute Gasteiger partial charge is 0.244 e. The number of fused-ring (bicyclic) bond motifs is 1. The van der Waals surface area contributed by atoms with E-state index in [0.29, 0.717) is 29.9 Å². The van der Waals surface area contributed by atoms with Crippen molar-refractivity contribution in [3.63, 3.8) is 0 Å². The van der Waals surface area contributed by atoms with Gasteiger partial charge < -0.3 is 4.74 Å². The third kappa shape index (κ3) is 2.36. The lowest BCUT2D eigenvalue weighted by Crippen LogP contribution is -2.05. The highest BCUT2D eigenvalue weighted by atomic mass is 35.5. The van der Waals surface area contributed by atoms with Crippen LogP contribution in [0.25, 0.3) is 11.0 Å². The van der Waals surface area contributed by atoms with Crippen LogP contribution in [0.4, 0.5) is 0 Å². The number of nitrogens with zero attached hydrogens (tertiary/aromatic N) is 4. The Labute approximate surface area is 103 Å². The minimum absolute atomic E-state index is 0.0995. The van der Waals surface area contributed by atoms with Crippen LogP contribution < -0.4 is 4.74 Å². The summed E-state index contributed by atoms with van der Waals surface area (Å²) in [6.07, 6.45) is 1.98. The Morgan fingerprint density at radius 3 is 2.94 bits per heavy atom. The van der Waals surface area contributed by atoms with E-state index < -0.39 is 0 Å². The van der Waals surface area contributed by atoms with Gasteiger partial charge in [0, 0.05) is 13.0 Å². The quantitative estimate of drug-likeness (QED) is 0.773. The van der Waals surface area contributed by atoms with Crippen LogP contribution in [0, 0.1) is 0 Å². The molecule has 0 aliphatic heterocycles. The van der Waals surface area contributed by atoms with Gasteiger partial charge in [0.05, 0.1) is 13.3 Å². The molecule has 0 amide bonds. The Kier molecular flexibility index (Phi) is 3.23. The standard InChI is InChI=1S/C10H11ClN4O2/c1-6(16)3-4-15-8-7(5-12-15)13-10(11)14-9(8)17-2/h5H,3-4H2,1-2H3. The maximum Gasteiger partial charge on any atom is 0.244 e. The average molecular weight is 255 g/mol. The second-order valence-electron chi connectivity index (χ2n) is 3.56. The lowest BCUT2D eigenvalue weighted by atomic mass is 10.3. The molecule has 0 aromatic carbocycles. The molecule has 2 rings (SSSR count). The molecule has 90 valence electrons. The van der Waals surface area contributed by atoms with Gasteiger partial charge in [-0.1, -0.05) is 0 Å². The monoisotopic (exact) mass is 254 g/mol. The first-order valence-corrected chi connectivity index (χ1v) is 5.42. The van der Waals surface area contributed by atoms with Crippen LogP contribution in [0.15, 0.2) is 6.20 Å². The molecular formula is C10H11ClN4O2. The number of Topliss-reactive ketones (excluding diaryl/α,β-unsaturated/α-hetero) is 1. The van der Waals surface area contributed by atoms with Gasteiger partial charge in [-0.3, -0.25) is 9.48 Å². The number of ketones is 1. The molecule has 0 aliphatic rings. The Morgan fingerprint density at radius 2 is 2.29 bits per heavy atom. The van der Waals surface area contributed by atoms with E-state index in [-0.39, 0.29) is 11.1 Å². The number of ether oxygens (including phenoxy) is 1. The summed E-state index contributed by atoms with van der Waals surface area (Å²) in [5.74, 6) is 0.462. The van der Waals surface area contributed by atoms with E-state index in [0.717, 1.165) is 0 Å². The molecule has 0 saturated heterocycles. The summed E-state index contributed by atoms with van der Waals surface area (Å²) in [6.45, 7) is 2.01. The summed E-state index contributed by atoms with van der Waals surface area (Å²) in [4.78, 5) is 19.0. The number of rotatable bonds is 4. The Morgan fingerprint density at radius 1 is 1.53 bits per heavy atom. The SMILES string of the molecule is COc1nc(Cl)nc2cnn(CCC(C)=O)c12. The van der Waals surface area contributed by atoms with Gasteiger partial charge >= 0.3 is 0 Å². The summed E-state index contributed by atoms with van der Waals surface area (Å²) in [6, 6.07) is 0. The molecule has 0 unspecified atom stereocenters. The van der Waals surface area contributed by atoms with E-state index in [2.05, 4.69) is 15.1 Å². The Balaban J connectivity index is 2.47. The summed E-state index contributed by atoms with van der Waals surface area (Å²) in [5, 5.41) is 4.25. The van der Waals surface area contributed by atoms with E-state index in [9.17, 15) is 4.79 Å². The van der Waals surface area contributed by atoms with Crippen LogP contribution in [-0.4, -0.2) is 32.6 Å². The first-order valence-electron chi connectivity index (χ1n) is 5.04. The lowest BCUT2D eigenvalue weighted by molar-refractivity contribution is -0.117. The van der Waals surface area contributed by atoms with Gasteiger partial charge in [-0.05, 0) is 18.5 Å². The molecule has 2 aromatic heterocycles. The van der Waals surface area contributed by atoms with Gasteiger partial charge in [0.2, 0.25) is 11.2 Å². The van der Waals surface area contributed by atoms with Crippen molar-refractivity contribution in [2.75, 3.05) is 7.11 Å². The highest BCUT2D eigenvalue weighted by Crippen LogP contribution is 2.23. The largest absolute Gasteiger partial charge is 0.479 e. The second-order valence-corrected chi connectivity index (χ2v) is 3.89. The number of hydrogen-bond donors (Lipinski definition) is 0. The van der Waals surface area contributed by atoms with Gasteiger partial charge in [0.1, 0.15) is 16.8 Å². The van der Waals surface area contributed by atoms with E-state index in [1.54, 1.807) is 10.9 Å². The van der Waals surface area contributed by atoms with E-state index >= 15 is 0 Å². The van der Waals surface area contributed by atoms with Crippen LogP contribution in [0.1, 0.15) is 13.3 Å². The first kappa shape index (κ1) is 11.8. The molecule has 0 aliphatic carbocycles. The highest BCUT2D eigenvalue weighted by molar-refractivity contribution is 6.28. The maximum atomic E-state index is 11.0. The molecule has 17 heavy (non-hydrogen) atoms. The van der Waals surface area contributed by atoms with Gasteiger partial charge in [-0.2, -0.15) is 10.1 Å². The zero-order valence-electron chi connectivity index (χ0n) is 9.47. The molecule has 0 radical (unpaired) electrons. The molecule has 6 nitrogen and oxygen atoms in total. The lowest BCUT2D eigenvalue weighted by Gasteiger charge is -2.05. The fraction of sp³-hybridized carbons (Fsp3) is 0.400. The molecular weight excluding hydrogens is 244 g/mol. The number of methoxy groups -OCH3 is 1. The molecule has 0 N–H and O–H groups in total. The molecule has 0 fully saturated rings. The van der Waals surface area contributed by atoms with Crippen molar-refractivity contribution in [2.45, 2.75) is 19.9 Å². The van der Waals surface area contributed by atoms with Gasteiger partial charge in [0.25, 0.3) is 0 Å². The number of carbonyl (C=O) groups excluding carboxylic acids is 1. The maximum absolute atomic E-state index is 11.0. The zero-order valence-corrected chi connectivity index (χ0v) is 10.2. The fourth-order valence-electron chi connectivity index (χ4n) is 1.51. The minimum atomic E-state index is 0.0995. The number of hydrogen-bond acceptors (Lipinski definition) is 5. The van der Waals surface area contributed by atoms with Crippen LogP contribution in [0.2, 0.25) is 5.28 Å². The van der Waals surface area contributed by atoms with E-state index in [1.807, 2.05) is 0 Å². The van der Waals surface area contributed by atoms with Crippen molar-refractivity contribution < 1.29 is 9.53 Å². The summed E-state index contributed by atoms with van der Waals surface area (Å²) < 4.78 is 6.78. The van der Waals surface area contributed by atoms with Crippen molar-refractivity contribution in [3.8, 4) is 5.88 Å². The summed E-state index contributed by atoms with van der Waals surface area (Å²) >= 11 is 5.75. The number of halogens is 1. The van der Waals surface area contributed by atoms with Crippen LogP contribution >= 0.6 is 11.6 Å². The van der Waals surface area contributed by atoms with Crippen molar-refractivity contribution in [1.82, 2.24) is 19.7 Å². The molecule has 0 spiro atoms. The van der Waals surface area contributed by atoms with Crippen molar-refractivity contribution in [3.05, 3.63) is 11.5 Å². The van der Waals surface area contributed by atoms with E-state index in [1.165, 1.54) is 14.0 Å². The topological polar surface area (TPSA) is 69.9 Å². The number of aryl methyl sites for hydroxylation is 1. The third-order valence-electron chi connectivity index (χ3n) is 2.30. The molecule has 0 bridgehead atoms. The average Bonchev–Trinajstić information content (AvgIpc) is 2.68. The van der Waals surface area contributed by atoms with Crippen LogP contribution in [0.3, 0.4) is 0 Å². The molecule has 0 atom stereocenters. The number of carbonyl (C=O) groups is 1. The number of aromatic nitrogens is 4. The van der Waals surface area contributed by atoms with Crippen molar-refractivity contribution in [1.29, 1.82) is 0 Å². The summed E-state index contributed by atoms with van der Waals surface area (Å²) in [5.41, 5.74) is 1.25. The predicted octanol–water partition coefficient (Wildman–Crippen LogP) is 1.47. The minimum Gasteiger partial charge on any atom is -0.479 e. The highest BCUT2D eigenvalue weighted by Gasteiger charge is 2.13. The third-order valence-corrected chi connectivity index (χ3v) is 2.47. The van der Waals surface area contributed by atoms with Gasteiger partial charge in [0.15, 0.2) is 0 Å². The fourth-order valence-corrected chi connectivity index (χ4v) is 1.68. The van der Waals surface area contributed by atoms with Crippen LogP contribution in [0.5, 0.6) is 5.88 Å². The zero-order chi connectivity index (χ0) is 12.4.